The van der Waals surface area contributed by atoms with E-state index in [-0.39, 0.29) is 24.2 Å². The van der Waals surface area contributed by atoms with Crippen LogP contribution in [0.25, 0.3) is 0 Å². The van der Waals surface area contributed by atoms with Crippen molar-refractivity contribution in [2.24, 2.45) is 0 Å². The second-order valence-corrected chi connectivity index (χ2v) is 7.28. The van der Waals surface area contributed by atoms with Gasteiger partial charge in [-0.05, 0) is 25.7 Å². The Bertz CT molecular complexity index is 488. The van der Waals surface area contributed by atoms with E-state index in [2.05, 4.69) is 0 Å². The average molecular weight is 403 g/mol. The molecule has 0 aliphatic heterocycles. The third-order valence-corrected chi connectivity index (χ3v) is 4.99. The molecule has 0 heterocycles. The first kappa shape index (κ1) is 25.9. The first-order chi connectivity index (χ1) is 13.3. The van der Waals surface area contributed by atoms with Crippen LogP contribution in [0, 0.1) is 30.3 Å². The molecule has 0 bridgehead atoms. The summed E-state index contributed by atoms with van der Waals surface area (Å²) in [5.74, 6) is 0. The molecule has 162 valence electrons. The molecule has 0 aliphatic rings. The molecule has 0 aromatic carbocycles. The third kappa shape index (κ3) is 12.3. The largest absolute Gasteiger partial charge is 0.303 e. The van der Waals surface area contributed by atoms with Gasteiger partial charge in [0.1, 0.15) is 6.29 Å². The van der Waals surface area contributed by atoms with Crippen LogP contribution in [0.2, 0.25) is 0 Å². The Morgan fingerprint density at radius 3 is 1.68 bits per heavy atom. The first-order valence-corrected chi connectivity index (χ1v) is 10.2. The zero-order chi connectivity index (χ0) is 21.4. The zero-order valence-corrected chi connectivity index (χ0v) is 16.7. The molecular formula is C18H33N3O7. The first-order valence-electron chi connectivity index (χ1n) is 10.2. The maximum atomic E-state index is 11.2. The summed E-state index contributed by atoms with van der Waals surface area (Å²) in [4.78, 5) is 42.4. The summed E-state index contributed by atoms with van der Waals surface area (Å²) in [6.45, 7) is 1.79. The molecule has 0 spiro atoms. The number of hydrogen-bond donors (Lipinski definition) is 0. The van der Waals surface area contributed by atoms with Gasteiger partial charge in [-0.2, -0.15) is 0 Å². The molecule has 0 saturated heterocycles. The summed E-state index contributed by atoms with van der Waals surface area (Å²) in [6.07, 6.45) is 7.57. The molecule has 0 amide bonds. The molecule has 0 aromatic heterocycles. The van der Waals surface area contributed by atoms with E-state index in [1.165, 1.54) is 0 Å². The minimum Gasteiger partial charge on any atom is -0.303 e. The summed E-state index contributed by atoms with van der Waals surface area (Å²) in [5.41, 5.74) is 0. The van der Waals surface area contributed by atoms with Crippen molar-refractivity contribution < 1.29 is 19.6 Å². The van der Waals surface area contributed by atoms with Gasteiger partial charge < -0.3 is 4.79 Å². The van der Waals surface area contributed by atoms with Crippen LogP contribution in [0.15, 0.2) is 0 Å². The van der Waals surface area contributed by atoms with Crippen molar-refractivity contribution in [2.45, 2.75) is 109 Å². The van der Waals surface area contributed by atoms with E-state index in [0.717, 1.165) is 32.0 Å². The molecule has 0 radical (unpaired) electrons. The zero-order valence-electron chi connectivity index (χ0n) is 16.7. The SMILES string of the molecule is CCCC(CC(CCCC(CCCCCCCC=O)[N+](=O)[O-])[N+](=O)[O-])[N+](=O)[O-]. The highest BCUT2D eigenvalue weighted by Gasteiger charge is 2.31. The van der Waals surface area contributed by atoms with Gasteiger partial charge in [0.15, 0.2) is 0 Å². The number of rotatable bonds is 19. The molecule has 0 rings (SSSR count). The van der Waals surface area contributed by atoms with Gasteiger partial charge in [0, 0.05) is 46.9 Å². The Balaban J connectivity index is 4.33. The van der Waals surface area contributed by atoms with Crippen LogP contribution < -0.4 is 0 Å². The Kier molecular flexibility index (Phi) is 14.7. The number of unbranched alkanes of at least 4 members (excludes halogenated alkanes) is 5. The smallest absolute Gasteiger partial charge is 0.219 e. The van der Waals surface area contributed by atoms with Crippen LogP contribution >= 0.6 is 0 Å². The van der Waals surface area contributed by atoms with Gasteiger partial charge in [-0.25, -0.2) is 0 Å². The second kappa shape index (κ2) is 15.9. The predicted molar refractivity (Wildman–Crippen MR) is 104 cm³/mol. The fourth-order valence-corrected chi connectivity index (χ4v) is 3.35. The Labute approximate surface area is 165 Å². The molecule has 0 N–H and O–H groups in total. The van der Waals surface area contributed by atoms with E-state index in [1.807, 2.05) is 0 Å². The Morgan fingerprint density at radius 2 is 1.14 bits per heavy atom. The van der Waals surface area contributed by atoms with Crippen LogP contribution in [0.5, 0.6) is 0 Å². The van der Waals surface area contributed by atoms with Crippen LogP contribution in [0.3, 0.4) is 0 Å². The molecule has 3 unspecified atom stereocenters. The third-order valence-electron chi connectivity index (χ3n) is 4.99. The highest BCUT2D eigenvalue weighted by molar-refractivity contribution is 5.48. The number of aldehydes is 1. The minimum absolute atomic E-state index is 0.122. The van der Waals surface area contributed by atoms with Gasteiger partial charge >= 0.3 is 0 Å². The summed E-state index contributed by atoms with van der Waals surface area (Å²) >= 11 is 0. The lowest BCUT2D eigenvalue weighted by Crippen LogP contribution is -2.30. The van der Waals surface area contributed by atoms with Crippen molar-refractivity contribution >= 4 is 6.29 Å². The van der Waals surface area contributed by atoms with Gasteiger partial charge in [-0.3, -0.25) is 30.3 Å². The monoisotopic (exact) mass is 403 g/mol. The van der Waals surface area contributed by atoms with Crippen molar-refractivity contribution in [1.29, 1.82) is 0 Å². The Morgan fingerprint density at radius 1 is 0.679 bits per heavy atom. The minimum atomic E-state index is -1.04. The molecule has 0 fully saturated rings. The van der Waals surface area contributed by atoms with Gasteiger partial charge in [0.25, 0.3) is 0 Å². The summed E-state index contributed by atoms with van der Waals surface area (Å²) < 4.78 is 0. The fraction of sp³-hybridized carbons (Fsp3) is 0.944. The van der Waals surface area contributed by atoms with E-state index < -0.39 is 28.0 Å². The van der Waals surface area contributed by atoms with Crippen LogP contribution in [0.4, 0.5) is 0 Å². The number of nitro groups is 3. The van der Waals surface area contributed by atoms with Crippen molar-refractivity contribution in [2.75, 3.05) is 0 Å². The summed E-state index contributed by atoms with van der Waals surface area (Å²) in [6, 6.07) is -2.71. The number of carbonyl (C=O) groups is 1. The second-order valence-electron chi connectivity index (χ2n) is 7.28. The number of carbonyl (C=O) groups excluding carboxylic acids is 1. The molecule has 10 nitrogen and oxygen atoms in total. The predicted octanol–water partition coefficient (Wildman–Crippen LogP) is 4.21. The van der Waals surface area contributed by atoms with E-state index in [9.17, 15) is 35.1 Å². The molecule has 0 saturated carbocycles. The van der Waals surface area contributed by atoms with Gasteiger partial charge in [0.05, 0.1) is 6.42 Å². The van der Waals surface area contributed by atoms with E-state index >= 15 is 0 Å². The normalized spacial score (nSPS) is 14.2. The topological polar surface area (TPSA) is 146 Å². The number of nitrogens with zero attached hydrogens (tertiary/aromatic N) is 3. The highest BCUT2D eigenvalue weighted by Crippen LogP contribution is 2.19. The summed E-state index contributed by atoms with van der Waals surface area (Å²) in [7, 11) is 0. The van der Waals surface area contributed by atoms with Crippen LogP contribution in [-0.2, 0) is 4.79 Å². The standard InChI is InChI=1S/C18H33N3O7/c1-2-10-17(20(25)26)15-18(21(27)28)13-9-12-16(19(23)24)11-7-5-3-4-6-8-14-22/h14,16-18H,2-13,15H2,1H3. The lowest BCUT2D eigenvalue weighted by molar-refractivity contribution is -0.562. The van der Waals surface area contributed by atoms with Crippen molar-refractivity contribution in [1.82, 2.24) is 0 Å². The average Bonchev–Trinajstić information content (AvgIpc) is 2.63. The maximum absolute atomic E-state index is 11.2. The summed E-state index contributed by atoms with van der Waals surface area (Å²) in [5, 5.41) is 33.5. The maximum Gasteiger partial charge on any atom is 0.219 e. The van der Waals surface area contributed by atoms with E-state index in [1.54, 1.807) is 6.92 Å². The van der Waals surface area contributed by atoms with Crippen molar-refractivity contribution in [3.8, 4) is 0 Å². The van der Waals surface area contributed by atoms with Crippen molar-refractivity contribution in [3.63, 3.8) is 0 Å². The van der Waals surface area contributed by atoms with Crippen molar-refractivity contribution in [3.05, 3.63) is 30.3 Å². The molecule has 10 heteroatoms. The van der Waals surface area contributed by atoms with E-state index in [0.29, 0.717) is 38.5 Å². The molecular weight excluding hydrogens is 370 g/mol. The lowest BCUT2D eigenvalue weighted by atomic mass is 9.96. The molecule has 3 atom stereocenters. The Hall–Kier alpha value is -2.13. The molecule has 28 heavy (non-hydrogen) atoms. The van der Waals surface area contributed by atoms with Crippen LogP contribution in [0.1, 0.15) is 90.4 Å². The molecule has 0 aliphatic carbocycles. The van der Waals surface area contributed by atoms with Gasteiger partial charge in [-0.1, -0.05) is 26.2 Å². The van der Waals surface area contributed by atoms with E-state index in [4.69, 9.17) is 0 Å². The van der Waals surface area contributed by atoms with Crippen LogP contribution in [-0.4, -0.2) is 39.2 Å². The van der Waals surface area contributed by atoms with Gasteiger partial charge in [0.2, 0.25) is 18.1 Å². The highest BCUT2D eigenvalue weighted by atomic mass is 16.6. The quantitative estimate of drug-likeness (QED) is 0.136. The number of hydrogen-bond acceptors (Lipinski definition) is 7. The lowest BCUT2D eigenvalue weighted by Gasteiger charge is -2.14. The fourth-order valence-electron chi connectivity index (χ4n) is 3.35. The molecule has 0 aromatic rings. The van der Waals surface area contributed by atoms with Gasteiger partial charge in [-0.15, -0.1) is 0 Å².